The number of benzene rings is 3. The third-order valence-corrected chi connectivity index (χ3v) is 5.05. The van der Waals surface area contributed by atoms with Crippen LogP contribution in [-0.2, 0) is 16.6 Å². The largest absolute Gasteiger partial charge is 0.489 e. The van der Waals surface area contributed by atoms with Gasteiger partial charge in [-0.15, -0.1) is 0 Å². The Morgan fingerprint density at radius 1 is 0.885 bits per heavy atom. The van der Waals surface area contributed by atoms with Gasteiger partial charge in [-0.3, -0.25) is 4.72 Å². The second-order valence-corrected chi connectivity index (χ2v) is 7.22. The van der Waals surface area contributed by atoms with Gasteiger partial charge in [0.15, 0.2) is 0 Å². The number of hydrogen-bond acceptors (Lipinski definition) is 4. The van der Waals surface area contributed by atoms with Gasteiger partial charge in [0.05, 0.1) is 16.5 Å². The Labute approximate surface area is 152 Å². The first kappa shape index (κ1) is 17.5. The van der Waals surface area contributed by atoms with Crippen molar-refractivity contribution in [3.63, 3.8) is 0 Å². The molecule has 5 nitrogen and oxygen atoms in total. The van der Waals surface area contributed by atoms with E-state index in [0.29, 0.717) is 23.6 Å². The molecule has 0 fully saturated rings. The number of hydrogen-bond donors (Lipinski definition) is 1. The van der Waals surface area contributed by atoms with E-state index in [-0.39, 0.29) is 4.90 Å². The molecule has 0 amide bonds. The number of nitrogens with zero attached hydrogens (tertiary/aromatic N) is 1. The van der Waals surface area contributed by atoms with Gasteiger partial charge in [-0.05, 0) is 54.1 Å². The molecule has 0 aromatic heterocycles. The zero-order chi connectivity index (χ0) is 18.4. The molecule has 1 N–H and O–H groups in total. The molecule has 130 valence electrons. The van der Waals surface area contributed by atoms with Crippen molar-refractivity contribution in [2.45, 2.75) is 11.5 Å². The van der Waals surface area contributed by atoms with Crippen LogP contribution in [0.1, 0.15) is 11.1 Å². The highest BCUT2D eigenvalue weighted by molar-refractivity contribution is 7.92. The lowest BCUT2D eigenvalue weighted by Crippen LogP contribution is -2.12. The monoisotopic (exact) mass is 364 g/mol. The third-order valence-electron chi connectivity index (χ3n) is 3.65. The van der Waals surface area contributed by atoms with Crippen LogP contribution in [0.4, 0.5) is 5.69 Å². The minimum atomic E-state index is -3.71. The minimum absolute atomic E-state index is 0.0981. The van der Waals surface area contributed by atoms with E-state index in [2.05, 4.69) is 4.72 Å². The van der Waals surface area contributed by atoms with Crippen molar-refractivity contribution in [3.05, 3.63) is 90.0 Å². The lowest BCUT2D eigenvalue weighted by molar-refractivity contribution is 0.306. The molecule has 0 saturated carbocycles. The number of sulfonamides is 1. The van der Waals surface area contributed by atoms with E-state index in [1.165, 1.54) is 24.3 Å². The Morgan fingerprint density at radius 3 is 2.15 bits per heavy atom. The second-order valence-electron chi connectivity index (χ2n) is 5.54. The average molecular weight is 364 g/mol. The molecule has 3 aromatic carbocycles. The van der Waals surface area contributed by atoms with Gasteiger partial charge in [-0.2, -0.15) is 5.26 Å². The standard InChI is InChI=1S/C20H16N2O3S/c21-14-16-6-12-20(13-7-16)26(23,24)22-18-8-10-19(11-9-18)25-15-17-4-2-1-3-5-17/h1-13,22H,15H2. The molecular formula is C20H16N2O3S. The summed E-state index contributed by atoms with van der Waals surface area (Å²) < 4.78 is 32.9. The first-order valence-corrected chi connectivity index (χ1v) is 9.35. The van der Waals surface area contributed by atoms with Crippen LogP contribution in [0.25, 0.3) is 0 Å². The van der Waals surface area contributed by atoms with Gasteiger partial charge >= 0.3 is 0 Å². The number of nitrogens with one attached hydrogen (secondary N) is 1. The molecule has 6 heteroatoms. The molecule has 26 heavy (non-hydrogen) atoms. The molecule has 0 saturated heterocycles. The number of rotatable bonds is 6. The van der Waals surface area contributed by atoms with Crippen molar-refractivity contribution in [3.8, 4) is 11.8 Å². The van der Waals surface area contributed by atoms with E-state index in [1.807, 2.05) is 36.4 Å². The van der Waals surface area contributed by atoms with Crippen molar-refractivity contribution in [1.82, 2.24) is 0 Å². The van der Waals surface area contributed by atoms with Crippen molar-refractivity contribution in [2.24, 2.45) is 0 Å². The maximum atomic E-state index is 12.4. The molecule has 0 aliphatic rings. The molecule has 3 rings (SSSR count). The highest BCUT2D eigenvalue weighted by atomic mass is 32.2. The normalized spacial score (nSPS) is 10.7. The molecule has 0 aliphatic heterocycles. The Bertz CT molecular complexity index is 1010. The fraction of sp³-hybridized carbons (Fsp3) is 0.0500. The van der Waals surface area contributed by atoms with Crippen molar-refractivity contribution < 1.29 is 13.2 Å². The molecule has 0 aliphatic carbocycles. The maximum absolute atomic E-state index is 12.4. The molecule has 0 atom stereocenters. The van der Waals surface area contributed by atoms with Crippen molar-refractivity contribution in [1.29, 1.82) is 5.26 Å². The van der Waals surface area contributed by atoms with Crippen LogP contribution in [-0.4, -0.2) is 8.42 Å². The Morgan fingerprint density at radius 2 is 1.54 bits per heavy atom. The van der Waals surface area contributed by atoms with E-state index < -0.39 is 10.0 Å². The molecule has 0 bridgehead atoms. The third kappa shape index (κ3) is 4.41. The van der Waals surface area contributed by atoms with Gasteiger partial charge in [0.25, 0.3) is 10.0 Å². The quantitative estimate of drug-likeness (QED) is 0.718. The summed E-state index contributed by atoms with van der Waals surface area (Å²) in [5, 5.41) is 8.78. The van der Waals surface area contributed by atoms with Crippen LogP contribution >= 0.6 is 0 Å². The lowest BCUT2D eigenvalue weighted by atomic mass is 10.2. The first-order valence-electron chi connectivity index (χ1n) is 7.86. The summed E-state index contributed by atoms with van der Waals surface area (Å²) in [7, 11) is -3.71. The van der Waals surface area contributed by atoms with Gasteiger partial charge < -0.3 is 4.74 Å². The van der Waals surface area contributed by atoms with Crippen molar-refractivity contribution >= 4 is 15.7 Å². The van der Waals surface area contributed by atoms with E-state index in [9.17, 15) is 8.42 Å². The second kappa shape index (κ2) is 7.72. The summed E-state index contributed by atoms with van der Waals surface area (Å²) in [6.45, 7) is 0.442. The highest BCUT2D eigenvalue weighted by Gasteiger charge is 2.14. The number of ether oxygens (including phenoxy) is 1. The topological polar surface area (TPSA) is 79.2 Å². The van der Waals surface area contributed by atoms with E-state index in [0.717, 1.165) is 5.56 Å². The van der Waals surface area contributed by atoms with E-state index >= 15 is 0 Å². The van der Waals surface area contributed by atoms with Crippen LogP contribution in [0.3, 0.4) is 0 Å². The molecule has 3 aromatic rings. The molecule has 0 radical (unpaired) electrons. The smallest absolute Gasteiger partial charge is 0.261 e. The van der Waals surface area contributed by atoms with Crippen LogP contribution in [0.5, 0.6) is 5.75 Å². The van der Waals surface area contributed by atoms with Gasteiger partial charge in [0.2, 0.25) is 0 Å². The van der Waals surface area contributed by atoms with E-state index in [4.69, 9.17) is 10.00 Å². The first-order chi connectivity index (χ1) is 12.6. The number of nitriles is 1. The van der Waals surface area contributed by atoms with Crippen LogP contribution in [0, 0.1) is 11.3 Å². The summed E-state index contributed by atoms with van der Waals surface area (Å²) in [4.78, 5) is 0.0981. The molecule has 0 unspecified atom stereocenters. The Kier molecular flexibility index (Phi) is 5.20. The maximum Gasteiger partial charge on any atom is 0.261 e. The summed E-state index contributed by atoms with van der Waals surface area (Å²) in [5.74, 6) is 0.648. The summed E-state index contributed by atoms with van der Waals surface area (Å²) in [6.07, 6.45) is 0. The summed E-state index contributed by atoms with van der Waals surface area (Å²) in [5.41, 5.74) is 1.89. The summed E-state index contributed by atoms with van der Waals surface area (Å²) >= 11 is 0. The fourth-order valence-electron chi connectivity index (χ4n) is 2.28. The van der Waals surface area contributed by atoms with E-state index in [1.54, 1.807) is 24.3 Å². The Balaban J connectivity index is 1.65. The SMILES string of the molecule is N#Cc1ccc(S(=O)(=O)Nc2ccc(OCc3ccccc3)cc2)cc1. The van der Waals surface area contributed by atoms with Gasteiger partial charge in [0.1, 0.15) is 12.4 Å². The van der Waals surface area contributed by atoms with Crippen LogP contribution in [0.15, 0.2) is 83.8 Å². The van der Waals surface area contributed by atoms with Gasteiger partial charge in [-0.25, -0.2) is 8.42 Å². The van der Waals surface area contributed by atoms with Crippen LogP contribution < -0.4 is 9.46 Å². The van der Waals surface area contributed by atoms with Crippen LogP contribution in [0.2, 0.25) is 0 Å². The molecular weight excluding hydrogens is 348 g/mol. The average Bonchev–Trinajstić information content (AvgIpc) is 2.68. The predicted octanol–water partition coefficient (Wildman–Crippen LogP) is 3.94. The molecule has 0 spiro atoms. The predicted molar refractivity (Wildman–Crippen MR) is 99.2 cm³/mol. The zero-order valence-corrected chi connectivity index (χ0v) is 14.6. The van der Waals surface area contributed by atoms with Gasteiger partial charge in [0, 0.05) is 5.69 Å². The lowest BCUT2D eigenvalue weighted by Gasteiger charge is -2.10. The highest BCUT2D eigenvalue weighted by Crippen LogP contribution is 2.20. The Hall–Kier alpha value is -3.30. The summed E-state index contributed by atoms with van der Waals surface area (Å²) in [6, 6.07) is 24.2. The molecule has 0 heterocycles. The van der Waals surface area contributed by atoms with Gasteiger partial charge in [-0.1, -0.05) is 30.3 Å². The minimum Gasteiger partial charge on any atom is -0.489 e. The fourth-order valence-corrected chi connectivity index (χ4v) is 3.34. The zero-order valence-electron chi connectivity index (χ0n) is 13.8. The van der Waals surface area contributed by atoms with Crippen molar-refractivity contribution in [2.75, 3.05) is 4.72 Å². The number of anilines is 1.